The number of rotatable bonds is 4. The number of hydrogen-bond acceptors (Lipinski definition) is 2. The van der Waals surface area contributed by atoms with Crippen LogP contribution in [0, 0.1) is 0 Å². The highest BCUT2D eigenvalue weighted by molar-refractivity contribution is 6.57. The Labute approximate surface area is 197 Å². The largest absolute Gasteiger partial charge is 0.872 e. The minimum atomic E-state index is 0.00332. The lowest BCUT2D eigenvalue weighted by Gasteiger charge is -2.11. The van der Waals surface area contributed by atoms with Crippen molar-refractivity contribution in [2.24, 2.45) is 4.99 Å². The van der Waals surface area contributed by atoms with E-state index in [1.54, 1.807) is 12.1 Å². The van der Waals surface area contributed by atoms with Crippen molar-refractivity contribution in [3.63, 3.8) is 0 Å². The second-order valence-corrected chi connectivity index (χ2v) is 8.21. The number of amidine groups is 1. The predicted molar refractivity (Wildman–Crippen MR) is 139 cm³/mol. The highest BCUT2D eigenvalue weighted by atomic mass is 16.3. The van der Waals surface area contributed by atoms with E-state index in [-0.39, 0.29) is 5.75 Å². The second-order valence-electron chi connectivity index (χ2n) is 8.21. The highest BCUT2D eigenvalue weighted by Crippen LogP contribution is 2.32. The third-order valence-corrected chi connectivity index (χ3v) is 6.07. The molecule has 0 unspecified atom stereocenters. The fraction of sp³-hybridized carbons (Fsp3) is 0. The molecule has 0 aliphatic carbocycles. The molecule has 3 nitrogen and oxygen atoms in total. The Bertz CT molecular complexity index is 1600. The van der Waals surface area contributed by atoms with Gasteiger partial charge < -0.3 is 5.11 Å². The highest BCUT2D eigenvalue weighted by Gasteiger charge is 2.33. The first-order chi connectivity index (χ1) is 16.8. The normalized spacial score (nSPS) is 12.9. The number of hydrogen-bond donors (Lipinski definition) is 0. The SMILES string of the molecule is [O-]c1ccc(-c2cccc3cccc(C4=[N+]=C(c5ccccc5)C(c5ccccc5)=N4)c23)cc1. The molecule has 1 aliphatic heterocycles. The first-order valence-electron chi connectivity index (χ1n) is 11.2. The van der Waals surface area contributed by atoms with Gasteiger partial charge in [-0.2, -0.15) is 4.67 Å². The molecule has 1 heterocycles. The maximum absolute atomic E-state index is 11.7. The van der Waals surface area contributed by atoms with Crippen LogP contribution in [0.5, 0.6) is 5.75 Å². The van der Waals surface area contributed by atoms with E-state index in [2.05, 4.69) is 48.5 Å². The molecule has 5 aromatic carbocycles. The van der Waals surface area contributed by atoms with Gasteiger partial charge in [-0.15, -0.1) is 5.75 Å². The molecule has 34 heavy (non-hydrogen) atoms. The van der Waals surface area contributed by atoms with Crippen LogP contribution in [0.2, 0.25) is 0 Å². The van der Waals surface area contributed by atoms with Crippen molar-refractivity contribution < 1.29 is 5.11 Å². The minimum Gasteiger partial charge on any atom is -0.872 e. The maximum Gasteiger partial charge on any atom is 0.424 e. The second kappa shape index (κ2) is 8.32. The summed E-state index contributed by atoms with van der Waals surface area (Å²) in [5.74, 6) is 0.694. The van der Waals surface area contributed by atoms with Gasteiger partial charge in [0.15, 0.2) is 0 Å². The molecule has 0 bridgehead atoms. The van der Waals surface area contributed by atoms with E-state index >= 15 is 0 Å². The molecule has 0 N–H and O–H groups in total. The van der Waals surface area contributed by atoms with Crippen molar-refractivity contribution in [2.45, 2.75) is 0 Å². The summed E-state index contributed by atoms with van der Waals surface area (Å²) in [6.45, 7) is 0. The molecule has 0 radical (unpaired) electrons. The van der Waals surface area contributed by atoms with Gasteiger partial charge in [-0.25, -0.2) is 0 Å². The smallest absolute Gasteiger partial charge is 0.424 e. The maximum atomic E-state index is 11.7. The van der Waals surface area contributed by atoms with E-state index in [1.165, 1.54) is 0 Å². The Morgan fingerprint density at radius 2 is 1.15 bits per heavy atom. The molecule has 3 heteroatoms. The molecular formula is C31H20N2O. The minimum absolute atomic E-state index is 0.00332. The van der Waals surface area contributed by atoms with Crippen LogP contribution in [0.25, 0.3) is 21.9 Å². The van der Waals surface area contributed by atoms with E-state index in [9.17, 15) is 5.11 Å². The Balaban J connectivity index is 1.61. The summed E-state index contributed by atoms with van der Waals surface area (Å²) in [6, 6.07) is 39.8. The Morgan fingerprint density at radius 3 is 1.82 bits per heavy atom. The first-order valence-corrected chi connectivity index (χ1v) is 11.2. The van der Waals surface area contributed by atoms with Crippen molar-refractivity contribution in [1.82, 2.24) is 4.67 Å². The van der Waals surface area contributed by atoms with E-state index in [0.717, 1.165) is 50.0 Å². The molecule has 0 spiro atoms. The van der Waals surface area contributed by atoms with Crippen molar-refractivity contribution in [3.8, 4) is 16.9 Å². The number of benzene rings is 5. The van der Waals surface area contributed by atoms with Crippen molar-refractivity contribution in [3.05, 3.63) is 138 Å². The van der Waals surface area contributed by atoms with Crippen LogP contribution in [0.1, 0.15) is 16.7 Å². The van der Waals surface area contributed by atoms with Gasteiger partial charge in [-0.05, 0) is 39.7 Å². The van der Waals surface area contributed by atoms with Crippen LogP contribution < -0.4 is 9.77 Å². The van der Waals surface area contributed by atoms with Gasteiger partial charge in [-0.3, -0.25) is 0 Å². The first kappa shape index (κ1) is 19.9. The van der Waals surface area contributed by atoms with Gasteiger partial charge in [0.25, 0.3) is 5.71 Å². The van der Waals surface area contributed by atoms with Gasteiger partial charge in [0, 0.05) is 16.5 Å². The van der Waals surface area contributed by atoms with Crippen molar-refractivity contribution in [2.75, 3.05) is 0 Å². The zero-order valence-corrected chi connectivity index (χ0v) is 18.3. The molecule has 0 saturated carbocycles. The quantitative estimate of drug-likeness (QED) is 0.349. The predicted octanol–water partition coefficient (Wildman–Crippen LogP) is 5.39. The van der Waals surface area contributed by atoms with Crippen LogP contribution in [-0.4, -0.2) is 17.3 Å². The monoisotopic (exact) mass is 436 g/mol. The average molecular weight is 437 g/mol. The van der Waals surface area contributed by atoms with E-state index in [1.807, 2.05) is 60.7 Å². The molecule has 0 aromatic heterocycles. The van der Waals surface area contributed by atoms with Gasteiger partial charge in [0.1, 0.15) is 0 Å². The summed E-state index contributed by atoms with van der Waals surface area (Å²) >= 11 is 0. The van der Waals surface area contributed by atoms with Gasteiger partial charge in [0.05, 0.1) is 5.56 Å². The zero-order valence-electron chi connectivity index (χ0n) is 18.3. The van der Waals surface area contributed by atoms with Crippen LogP contribution in [0.4, 0.5) is 0 Å². The number of fused-ring (bicyclic) bond motifs is 1. The fourth-order valence-corrected chi connectivity index (χ4v) is 4.46. The molecule has 0 saturated heterocycles. The summed E-state index contributed by atoms with van der Waals surface area (Å²) in [5.41, 5.74) is 6.83. The Kier molecular flexibility index (Phi) is 4.88. The third-order valence-electron chi connectivity index (χ3n) is 6.07. The number of aliphatic imine (C=N–C) groups is 1. The van der Waals surface area contributed by atoms with Gasteiger partial charge in [0.2, 0.25) is 5.71 Å². The van der Waals surface area contributed by atoms with E-state index in [0.29, 0.717) is 5.84 Å². The van der Waals surface area contributed by atoms with Crippen LogP contribution in [0.15, 0.2) is 126 Å². The lowest BCUT2D eigenvalue weighted by Crippen LogP contribution is -2.16. The summed E-state index contributed by atoms with van der Waals surface area (Å²) < 4.78 is 5.06. The molecule has 160 valence electrons. The summed E-state index contributed by atoms with van der Waals surface area (Å²) in [7, 11) is 0. The Morgan fingerprint density at radius 1 is 0.529 bits per heavy atom. The molecule has 1 aliphatic rings. The molecule has 0 fully saturated rings. The summed E-state index contributed by atoms with van der Waals surface area (Å²) in [4.78, 5) is 5.06. The number of nitrogens with zero attached hydrogens (tertiary/aromatic N) is 2. The van der Waals surface area contributed by atoms with Crippen LogP contribution in [-0.2, 0) is 0 Å². The summed E-state index contributed by atoms with van der Waals surface area (Å²) in [6.07, 6.45) is 0. The topological polar surface area (TPSA) is 49.5 Å². The van der Waals surface area contributed by atoms with Crippen molar-refractivity contribution in [1.29, 1.82) is 0 Å². The Hall–Kier alpha value is -4.72. The lowest BCUT2D eigenvalue weighted by atomic mass is 9.94. The third kappa shape index (κ3) is 3.51. The van der Waals surface area contributed by atoms with Gasteiger partial charge >= 0.3 is 5.84 Å². The lowest BCUT2D eigenvalue weighted by molar-refractivity contribution is -0.268. The van der Waals surface area contributed by atoms with Gasteiger partial charge in [-0.1, -0.05) is 103 Å². The fourth-order valence-electron chi connectivity index (χ4n) is 4.46. The molecule has 5 aromatic rings. The molecule has 6 rings (SSSR count). The zero-order chi connectivity index (χ0) is 22.9. The van der Waals surface area contributed by atoms with Crippen molar-refractivity contribution >= 4 is 28.0 Å². The van der Waals surface area contributed by atoms with Crippen LogP contribution in [0.3, 0.4) is 0 Å². The standard InChI is InChI=1S/C31H20N2O/c34-25-19-17-21(18-20-25)26-15-7-13-22-14-8-16-27(28(22)26)31-32-29(23-9-3-1-4-10-23)30(33-31)24-11-5-2-6-12-24/h1-20H. The van der Waals surface area contributed by atoms with Crippen LogP contribution >= 0.6 is 0 Å². The molecule has 0 amide bonds. The van der Waals surface area contributed by atoms with E-state index in [4.69, 9.17) is 9.66 Å². The van der Waals surface area contributed by atoms with E-state index < -0.39 is 0 Å². The average Bonchev–Trinajstić information content (AvgIpc) is 3.35. The molecule has 0 atom stereocenters. The molecular weight excluding hydrogens is 416 g/mol. The summed E-state index contributed by atoms with van der Waals surface area (Å²) in [5, 5.41) is 13.9.